The molecule has 0 unspecified atom stereocenters. The fraction of sp³-hybridized carbons (Fsp3) is 0.304. The first-order valence-electron chi connectivity index (χ1n) is 9.82. The minimum Gasteiger partial charge on any atom is -0.502 e. The van der Waals surface area contributed by atoms with Crippen LogP contribution >= 0.6 is 0 Å². The maximum Gasteiger partial charge on any atom is 0.371 e. The largest absolute Gasteiger partial charge is 0.502 e. The van der Waals surface area contributed by atoms with Crippen LogP contribution in [0.1, 0.15) is 41.6 Å². The van der Waals surface area contributed by atoms with Crippen LogP contribution in [0, 0.1) is 0 Å². The normalized spacial score (nSPS) is 11.2. The lowest BCUT2D eigenvalue weighted by Gasteiger charge is -2.12. The summed E-state index contributed by atoms with van der Waals surface area (Å²) in [5.74, 6) is -2.42. The zero-order valence-corrected chi connectivity index (χ0v) is 16.8. The Balaban J connectivity index is 2.12. The summed E-state index contributed by atoms with van der Waals surface area (Å²) in [7, 11) is 0. The van der Waals surface area contributed by atoms with Gasteiger partial charge in [-0.2, -0.15) is 0 Å². The van der Waals surface area contributed by atoms with Gasteiger partial charge in [-0.25, -0.2) is 4.79 Å². The fourth-order valence-electron chi connectivity index (χ4n) is 2.68. The van der Waals surface area contributed by atoms with E-state index in [9.17, 15) is 14.7 Å². The van der Waals surface area contributed by atoms with E-state index in [1.54, 1.807) is 6.07 Å². The fourth-order valence-corrected chi connectivity index (χ4v) is 2.68. The number of unbranched alkanes of at least 4 members (excludes halogenated alkanes) is 3. The number of ether oxygens (including phenoxy) is 2. The van der Waals surface area contributed by atoms with Crippen molar-refractivity contribution in [2.45, 2.75) is 32.3 Å². The molecule has 0 spiro atoms. The topological polar surface area (TPSA) is 119 Å². The molecule has 0 aliphatic rings. The minimum atomic E-state index is -1.58. The van der Waals surface area contributed by atoms with Crippen molar-refractivity contribution < 1.29 is 29.3 Å². The van der Waals surface area contributed by atoms with Crippen LogP contribution in [0.4, 0.5) is 0 Å². The number of benzene rings is 2. The van der Waals surface area contributed by atoms with Crippen molar-refractivity contribution in [1.29, 1.82) is 0 Å². The van der Waals surface area contributed by atoms with Crippen LogP contribution < -0.4 is 15.2 Å². The number of rotatable bonds is 13. The molecule has 0 saturated carbocycles. The molecule has 2 aromatic carbocycles. The van der Waals surface area contributed by atoms with Gasteiger partial charge < -0.3 is 25.4 Å². The second-order valence-electron chi connectivity index (χ2n) is 6.72. The van der Waals surface area contributed by atoms with Gasteiger partial charge in [0.05, 0.1) is 6.61 Å². The van der Waals surface area contributed by atoms with Gasteiger partial charge in [-0.05, 0) is 37.1 Å². The van der Waals surface area contributed by atoms with E-state index in [1.165, 1.54) is 12.1 Å². The standard InChI is InChI=1S/C23H27NO6/c24-10-6-1-2-7-11-29-19-12-18(21(25)15-22(26)23(27)28)13-20(14-19)30-16-17-8-4-3-5-9-17/h3-5,8-9,12-15,26H,1-2,6-7,10-11,16,24H2,(H,27,28)/b22-15-. The number of carbonyl (C=O) groups is 2. The van der Waals surface area contributed by atoms with Gasteiger partial charge in [-0.15, -0.1) is 0 Å². The Labute approximate surface area is 175 Å². The average molecular weight is 413 g/mol. The molecule has 2 aromatic rings. The van der Waals surface area contributed by atoms with Crippen LogP contribution in [-0.2, 0) is 11.4 Å². The molecule has 7 nitrogen and oxygen atoms in total. The van der Waals surface area contributed by atoms with E-state index in [0.717, 1.165) is 31.2 Å². The molecule has 0 aliphatic heterocycles. The molecule has 0 atom stereocenters. The summed E-state index contributed by atoms with van der Waals surface area (Å²) in [6, 6.07) is 14.2. The number of aliphatic hydroxyl groups is 1. The van der Waals surface area contributed by atoms with Crippen molar-refractivity contribution in [2.75, 3.05) is 13.2 Å². The Hall–Kier alpha value is -3.32. The number of ketones is 1. The van der Waals surface area contributed by atoms with Crippen LogP contribution in [0.3, 0.4) is 0 Å². The number of allylic oxidation sites excluding steroid dienone is 1. The number of aliphatic carboxylic acids is 1. The van der Waals surface area contributed by atoms with E-state index in [-0.39, 0.29) is 5.56 Å². The van der Waals surface area contributed by atoms with Crippen LogP contribution in [0.25, 0.3) is 0 Å². The molecule has 0 aromatic heterocycles. The molecule has 2 rings (SSSR count). The van der Waals surface area contributed by atoms with E-state index < -0.39 is 17.5 Å². The van der Waals surface area contributed by atoms with Gasteiger partial charge in [-0.3, -0.25) is 4.79 Å². The van der Waals surface area contributed by atoms with Crippen molar-refractivity contribution >= 4 is 11.8 Å². The van der Waals surface area contributed by atoms with E-state index in [4.69, 9.17) is 20.3 Å². The first-order chi connectivity index (χ1) is 14.5. The van der Waals surface area contributed by atoms with Crippen LogP contribution in [-0.4, -0.2) is 35.1 Å². The Morgan fingerprint density at radius 3 is 2.23 bits per heavy atom. The van der Waals surface area contributed by atoms with E-state index in [2.05, 4.69) is 0 Å². The summed E-state index contributed by atoms with van der Waals surface area (Å²) in [4.78, 5) is 23.1. The second-order valence-corrected chi connectivity index (χ2v) is 6.72. The maximum atomic E-state index is 12.4. The van der Waals surface area contributed by atoms with Gasteiger partial charge in [0.15, 0.2) is 5.78 Å². The predicted octanol–water partition coefficient (Wildman–Crippen LogP) is 3.87. The number of carboxylic acids is 1. The molecule has 0 radical (unpaired) electrons. The predicted molar refractivity (Wildman–Crippen MR) is 113 cm³/mol. The molecule has 0 saturated heterocycles. The molecule has 160 valence electrons. The van der Waals surface area contributed by atoms with Crippen molar-refractivity contribution in [1.82, 2.24) is 0 Å². The number of hydrogen-bond donors (Lipinski definition) is 3. The maximum absolute atomic E-state index is 12.4. The highest BCUT2D eigenvalue weighted by atomic mass is 16.5. The van der Waals surface area contributed by atoms with Gasteiger partial charge in [0.1, 0.15) is 18.1 Å². The Morgan fingerprint density at radius 1 is 0.900 bits per heavy atom. The zero-order valence-electron chi connectivity index (χ0n) is 16.8. The summed E-state index contributed by atoms with van der Waals surface area (Å²) >= 11 is 0. The summed E-state index contributed by atoms with van der Waals surface area (Å²) in [5.41, 5.74) is 6.60. The first kappa shape index (κ1) is 23.0. The molecule has 0 aliphatic carbocycles. The average Bonchev–Trinajstić information content (AvgIpc) is 2.75. The second kappa shape index (κ2) is 12.3. The van der Waals surface area contributed by atoms with E-state index in [0.29, 0.717) is 37.3 Å². The third kappa shape index (κ3) is 7.97. The molecule has 7 heteroatoms. The van der Waals surface area contributed by atoms with Crippen molar-refractivity contribution in [2.24, 2.45) is 5.73 Å². The molecule has 4 N–H and O–H groups in total. The quantitative estimate of drug-likeness (QED) is 0.197. The molecule has 0 fully saturated rings. The Kier molecular flexibility index (Phi) is 9.40. The highest BCUT2D eigenvalue weighted by molar-refractivity contribution is 6.08. The number of nitrogens with two attached hydrogens (primary N) is 1. The Morgan fingerprint density at radius 2 is 1.57 bits per heavy atom. The van der Waals surface area contributed by atoms with Gasteiger partial charge in [0.25, 0.3) is 0 Å². The molecular formula is C23H27NO6. The van der Waals surface area contributed by atoms with Gasteiger partial charge in [0, 0.05) is 17.7 Å². The monoisotopic (exact) mass is 413 g/mol. The number of carbonyl (C=O) groups excluding carboxylic acids is 1. The number of carboxylic acid groups (broad SMARTS) is 1. The van der Waals surface area contributed by atoms with Gasteiger partial charge in [0.2, 0.25) is 5.76 Å². The molecule has 0 amide bonds. The molecule has 30 heavy (non-hydrogen) atoms. The highest BCUT2D eigenvalue weighted by Crippen LogP contribution is 2.25. The minimum absolute atomic E-state index is 0.159. The van der Waals surface area contributed by atoms with Crippen molar-refractivity contribution in [3.63, 3.8) is 0 Å². The number of aliphatic hydroxyl groups excluding tert-OH is 1. The first-order valence-corrected chi connectivity index (χ1v) is 9.82. The molecule has 0 heterocycles. The van der Waals surface area contributed by atoms with Crippen molar-refractivity contribution in [3.05, 3.63) is 71.5 Å². The lowest BCUT2D eigenvalue weighted by molar-refractivity contribution is -0.135. The van der Waals surface area contributed by atoms with Crippen LogP contribution in [0.15, 0.2) is 60.4 Å². The van der Waals surface area contributed by atoms with Gasteiger partial charge >= 0.3 is 5.97 Å². The zero-order chi connectivity index (χ0) is 21.8. The summed E-state index contributed by atoms with van der Waals surface area (Å²) in [5, 5.41) is 18.1. The highest BCUT2D eigenvalue weighted by Gasteiger charge is 2.13. The number of hydrogen-bond acceptors (Lipinski definition) is 6. The SMILES string of the molecule is NCCCCCCOc1cc(OCc2ccccc2)cc(C(=O)/C=C(\O)C(=O)O)c1. The lowest BCUT2D eigenvalue weighted by Crippen LogP contribution is -2.06. The summed E-state index contributed by atoms with van der Waals surface area (Å²) < 4.78 is 11.5. The van der Waals surface area contributed by atoms with Gasteiger partial charge in [-0.1, -0.05) is 43.2 Å². The third-order valence-corrected chi connectivity index (χ3v) is 4.27. The smallest absolute Gasteiger partial charge is 0.371 e. The third-order valence-electron chi connectivity index (χ3n) is 4.27. The summed E-state index contributed by atoms with van der Waals surface area (Å²) in [6.45, 7) is 1.44. The van der Waals surface area contributed by atoms with E-state index in [1.807, 2.05) is 30.3 Å². The van der Waals surface area contributed by atoms with Crippen LogP contribution in [0.5, 0.6) is 11.5 Å². The Bertz CT molecular complexity index is 863. The lowest BCUT2D eigenvalue weighted by atomic mass is 10.1. The molecular weight excluding hydrogens is 386 g/mol. The van der Waals surface area contributed by atoms with Crippen LogP contribution in [0.2, 0.25) is 0 Å². The summed E-state index contributed by atoms with van der Waals surface area (Å²) in [6.07, 6.45) is 4.50. The molecule has 0 bridgehead atoms. The van der Waals surface area contributed by atoms with Crippen molar-refractivity contribution in [3.8, 4) is 11.5 Å². The van der Waals surface area contributed by atoms with E-state index >= 15 is 0 Å².